The number of nitriles is 1. The van der Waals surface area contributed by atoms with Gasteiger partial charge in [0.1, 0.15) is 6.04 Å². The molecule has 0 saturated carbocycles. The van der Waals surface area contributed by atoms with Crippen molar-refractivity contribution in [1.29, 1.82) is 5.26 Å². The first-order valence-corrected chi connectivity index (χ1v) is 12.9. The Morgan fingerprint density at radius 3 is 2.59 bits per heavy atom. The van der Waals surface area contributed by atoms with Crippen molar-refractivity contribution in [2.45, 2.75) is 37.8 Å². The van der Waals surface area contributed by atoms with Gasteiger partial charge in [0.25, 0.3) is 5.91 Å². The van der Waals surface area contributed by atoms with Gasteiger partial charge in [0.2, 0.25) is 5.91 Å². The number of benzene rings is 2. The minimum absolute atomic E-state index is 0.0632. The molecule has 0 bridgehead atoms. The molecule has 2 fully saturated rings. The van der Waals surface area contributed by atoms with Crippen LogP contribution in [-0.4, -0.2) is 71.9 Å². The topological polar surface area (TPSA) is 92.6 Å². The Morgan fingerprint density at radius 2 is 1.84 bits per heavy atom. The molecular weight excluding hydrogens is 464 g/mol. The highest BCUT2D eigenvalue weighted by molar-refractivity contribution is 6.14. The van der Waals surface area contributed by atoms with E-state index in [1.807, 2.05) is 54.6 Å². The summed E-state index contributed by atoms with van der Waals surface area (Å²) in [5, 5.41) is 13.9. The lowest BCUT2D eigenvalue weighted by Crippen LogP contribution is -2.46. The maximum atomic E-state index is 13.3. The molecule has 37 heavy (non-hydrogen) atoms. The van der Waals surface area contributed by atoms with Gasteiger partial charge in [-0.1, -0.05) is 18.2 Å². The largest absolute Gasteiger partial charge is 0.382 e. The molecule has 0 aliphatic carbocycles. The molecule has 190 valence electrons. The van der Waals surface area contributed by atoms with Crippen LogP contribution in [0.5, 0.6) is 0 Å². The van der Waals surface area contributed by atoms with E-state index in [0.29, 0.717) is 24.2 Å². The summed E-state index contributed by atoms with van der Waals surface area (Å²) < 4.78 is 0. The molecule has 2 aliphatic rings. The molecule has 1 aromatic heterocycles. The van der Waals surface area contributed by atoms with Crippen molar-refractivity contribution in [3.05, 3.63) is 66.4 Å². The molecule has 2 amide bonds. The summed E-state index contributed by atoms with van der Waals surface area (Å²) in [6, 6.07) is 19.6. The zero-order chi connectivity index (χ0) is 25.8. The summed E-state index contributed by atoms with van der Waals surface area (Å²) in [7, 11) is 1.78. The van der Waals surface area contributed by atoms with Crippen LogP contribution in [0.25, 0.3) is 10.9 Å². The van der Waals surface area contributed by atoms with Crippen LogP contribution in [0.4, 0.5) is 11.4 Å². The standard InChI is InChI=1S/C29H32N6O2/c1-33(22-7-3-2-4-8-22)29(37)25-11-12-26(24-10-5-15-31-28(24)25)32-21-13-17-34(18-14-21)20-27(36)35-16-6-9-23(35)19-30/h2-5,7-8,10-12,15,21,23,32H,6,9,13-14,16-18,20H2,1H3. The average molecular weight is 497 g/mol. The Labute approximate surface area is 217 Å². The van der Waals surface area contributed by atoms with Gasteiger partial charge >= 0.3 is 0 Å². The number of para-hydroxylation sites is 1. The number of aromatic nitrogens is 1. The van der Waals surface area contributed by atoms with Gasteiger partial charge in [0, 0.05) is 55.7 Å². The molecule has 1 atom stereocenters. The summed E-state index contributed by atoms with van der Waals surface area (Å²) in [4.78, 5) is 36.2. The van der Waals surface area contributed by atoms with Gasteiger partial charge in [0.05, 0.1) is 23.7 Å². The van der Waals surface area contributed by atoms with E-state index in [1.165, 1.54) is 0 Å². The number of nitrogens with zero attached hydrogens (tertiary/aromatic N) is 5. The van der Waals surface area contributed by atoms with Crippen LogP contribution >= 0.6 is 0 Å². The molecule has 8 nitrogen and oxygen atoms in total. The number of carbonyl (C=O) groups excluding carboxylic acids is 2. The first kappa shape index (κ1) is 24.7. The minimum atomic E-state index is -0.268. The van der Waals surface area contributed by atoms with Crippen molar-refractivity contribution in [1.82, 2.24) is 14.8 Å². The van der Waals surface area contributed by atoms with Crippen LogP contribution in [0.2, 0.25) is 0 Å². The second-order valence-electron chi connectivity index (χ2n) is 9.83. The average Bonchev–Trinajstić information content (AvgIpc) is 3.43. The van der Waals surface area contributed by atoms with E-state index in [0.717, 1.165) is 55.5 Å². The quantitative estimate of drug-likeness (QED) is 0.556. The highest BCUT2D eigenvalue weighted by Gasteiger charge is 2.30. The molecule has 2 aromatic carbocycles. The van der Waals surface area contributed by atoms with Gasteiger partial charge in [-0.05, 0) is 62.1 Å². The number of carbonyl (C=O) groups is 2. The third kappa shape index (κ3) is 5.27. The Balaban J connectivity index is 1.24. The molecule has 0 spiro atoms. The molecule has 2 saturated heterocycles. The number of likely N-dealkylation sites (tertiary alicyclic amines) is 2. The Hall–Kier alpha value is -3.96. The van der Waals surface area contributed by atoms with E-state index in [1.54, 1.807) is 23.0 Å². The van der Waals surface area contributed by atoms with E-state index in [4.69, 9.17) is 0 Å². The molecule has 3 heterocycles. The monoisotopic (exact) mass is 496 g/mol. The van der Waals surface area contributed by atoms with Crippen LogP contribution in [0.15, 0.2) is 60.8 Å². The van der Waals surface area contributed by atoms with Crippen LogP contribution in [0.3, 0.4) is 0 Å². The number of pyridine rings is 1. The Morgan fingerprint density at radius 1 is 1.05 bits per heavy atom. The number of fused-ring (bicyclic) bond motifs is 1. The van der Waals surface area contributed by atoms with Crippen molar-refractivity contribution in [2.75, 3.05) is 43.4 Å². The lowest BCUT2D eigenvalue weighted by Gasteiger charge is -2.34. The fourth-order valence-corrected chi connectivity index (χ4v) is 5.36. The second-order valence-corrected chi connectivity index (χ2v) is 9.83. The molecule has 5 rings (SSSR count). The smallest absolute Gasteiger partial charge is 0.260 e. The van der Waals surface area contributed by atoms with Gasteiger partial charge in [-0.3, -0.25) is 19.5 Å². The fourth-order valence-electron chi connectivity index (χ4n) is 5.36. The third-order valence-electron chi connectivity index (χ3n) is 7.48. The van der Waals surface area contributed by atoms with Gasteiger partial charge in [-0.15, -0.1) is 0 Å². The summed E-state index contributed by atoms with van der Waals surface area (Å²) in [6.45, 7) is 2.71. The van der Waals surface area contributed by atoms with Crippen molar-refractivity contribution in [3.8, 4) is 6.07 Å². The van der Waals surface area contributed by atoms with Gasteiger partial charge < -0.3 is 15.1 Å². The number of piperidine rings is 1. The number of rotatable bonds is 6. The van der Waals surface area contributed by atoms with Crippen molar-refractivity contribution in [2.24, 2.45) is 0 Å². The highest BCUT2D eigenvalue weighted by Crippen LogP contribution is 2.29. The van der Waals surface area contributed by atoms with Crippen molar-refractivity contribution in [3.63, 3.8) is 0 Å². The zero-order valence-electron chi connectivity index (χ0n) is 21.1. The summed E-state index contributed by atoms with van der Waals surface area (Å²) in [5.41, 5.74) is 3.04. The molecule has 8 heteroatoms. The minimum Gasteiger partial charge on any atom is -0.382 e. The van der Waals surface area contributed by atoms with Crippen LogP contribution in [0, 0.1) is 11.3 Å². The van der Waals surface area contributed by atoms with Crippen molar-refractivity contribution < 1.29 is 9.59 Å². The number of hydrogen-bond acceptors (Lipinski definition) is 6. The number of hydrogen-bond donors (Lipinski definition) is 1. The molecule has 0 radical (unpaired) electrons. The van der Waals surface area contributed by atoms with Crippen LogP contribution < -0.4 is 10.2 Å². The summed E-state index contributed by atoms with van der Waals surface area (Å²) in [6.07, 6.45) is 5.23. The molecule has 1 unspecified atom stereocenters. The number of anilines is 2. The van der Waals surface area contributed by atoms with E-state index in [-0.39, 0.29) is 23.9 Å². The predicted octanol–water partition coefficient (Wildman–Crippen LogP) is 3.90. The Bertz CT molecular complexity index is 1310. The molecule has 2 aliphatic heterocycles. The zero-order valence-corrected chi connectivity index (χ0v) is 21.1. The second kappa shape index (κ2) is 11.0. The predicted molar refractivity (Wildman–Crippen MR) is 144 cm³/mol. The third-order valence-corrected chi connectivity index (χ3v) is 7.48. The maximum Gasteiger partial charge on any atom is 0.260 e. The number of amides is 2. The normalized spacial score (nSPS) is 18.5. The van der Waals surface area contributed by atoms with E-state index >= 15 is 0 Å². The summed E-state index contributed by atoms with van der Waals surface area (Å²) in [5.74, 6) is -0.0377. The van der Waals surface area contributed by atoms with Crippen LogP contribution in [0.1, 0.15) is 36.0 Å². The number of nitrogens with one attached hydrogen (secondary N) is 1. The molecular formula is C29H32N6O2. The van der Waals surface area contributed by atoms with Crippen molar-refractivity contribution >= 4 is 34.1 Å². The first-order chi connectivity index (χ1) is 18.0. The van der Waals surface area contributed by atoms with E-state index in [9.17, 15) is 14.9 Å². The van der Waals surface area contributed by atoms with Gasteiger partial charge in [-0.25, -0.2) is 0 Å². The van der Waals surface area contributed by atoms with Gasteiger partial charge in [0.15, 0.2) is 0 Å². The Kier molecular flexibility index (Phi) is 7.33. The SMILES string of the molecule is CN(C(=O)c1ccc(NC2CCN(CC(=O)N3CCCC3C#N)CC2)c2cccnc12)c1ccccc1. The lowest BCUT2D eigenvalue weighted by molar-refractivity contribution is -0.132. The van der Waals surface area contributed by atoms with E-state index in [2.05, 4.69) is 21.3 Å². The van der Waals surface area contributed by atoms with Gasteiger partial charge in [-0.2, -0.15) is 5.26 Å². The van der Waals surface area contributed by atoms with Crippen LogP contribution in [-0.2, 0) is 4.79 Å². The first-order valence-electron chi connectivity index (χ1n) is 12.9. The van der Waals surface area contributed by atoms with E-state index < -0.39 is 0 Å². The lowest BCUT2D eigenvalue weighted by atomic mass is 10.0. The summed E-state index contributed by atoms with van der Waals surface area (Å²) >= 11 is 0. The maximum absolute atomic E-state index is 13.3. The highest BCUT2D eigenvalue weighted by atomic mass is 16.2. The molecule has 1 N–H and O–H groups in total. The molecule has 3 aromatic rings. The fraction of sp³-hybridized carbons (Fsp3) is 0.379.